The van der Waals surface area contributed by atoms with Crippen molar-refractivity contribution in [1.82, 2.24) is 5.32 Å². The maximum absolute atomic E-state index is 13.5. The second-order valence-electron chi connectivity index (χ2n) is 4.46. The number of anilines is 1. The lowest BCUT2D eigenvalue weighted by atomic mass is 10.1. The Bertz CT molecular complexity index is 566. The molecule has 0 saturated heterocycles. The van der Waals surface area contributed by atoms with E-state index >= 15 is 0 Å². The Morgan fingerprint density at radius 1 is 1.40 bits per heavy atom. The fourth-order valence-electron chi connectivity index (χ4n) is 1.50. The van der Waals surface area contributed by atoms with Gasteiger partial charge in [0.1, 0.15) is 11.9 Å². The van der Waals surface area contributed by atoms with Crippen LogP contribution in [0.3, 0.4) is 0 Å². The van der Waals surface area contributed by atoms with Gasteiger partial charge < -0.3 is 15.7 Å². The van der Waals surface area contributed by atoms with Crippen molar-refractivity contribution in [1.29, 1.82) is 5.26 Å². The zero-order valence-electron chi connectivity index (χ0n) is 11.0. The van der Waals surface area contributed by atoms with Crippen molar-refractivity contribution >= 4 is 17.7 Å². The van der Waals surface area contributed by atoms with Crippen LogP contribution in [0.5, 0.6) is 0 Å². The first-order valence-electron chi connectivity index (χ1n) is 5.85. The predicted molar refractivity (Wildman–Crippen MR) is 69.5 cm³/mol. The summed E-state index contributed by atoms with van der Waals surface area (Å²) >= 11 is 0. The lowest BCUT2D eigenvalue weighted by molar-refractivity contribution is -0.140. The maximum Gasteiger partial charge on any atom is 0.326 e. The van der Waals surface area contributed by atoms with Gasteiger partial charge in [-0.15, -0.1) is 0 Å². The number of carboxylic acids is 1. The second kappa shape index (κ2) is 6.52. The molecule has 0 saturated carbocycles. The number of benzene rings is 1. The monoisotopic (exact) mass is 279 g/mol. The first-order chi connectivity index (χ1) is 9.35. The average Bonchev–Trinajstić information content (AvgIpc) is 2.37. The van der Waals surface area contributed by atoms with Gasteiger partial charge in [0, 0.05) is 0 Å². The van der Waals surface area contributed by atoms with Crippen LogP contribution in [-0.4, -0.2) is 23.1 Å². The topological polar surface area (TPSA) is 102 Å². The van der Waals surface area contributed by atoms with Gasteiger partial charge in [-0.05, 0) is 24.1 Å². The van der Waals surface area contributed by atoms with E-state index in [2.05, 4.69) is 10.6 Å². The summed E-state index contributed by atoms with van der Waals surface area (Å²) in [6.07, 6.45) is 0. The van der Waals surface area contributed by atoms with Gasteiger partial charge in [0.05, 0.1) is 17.3 Å². The summed E-state index contributed by atoms with van der Waals surface area (Å²) in [5.41, 5.74) is -0.00607. The van der Waals surface area contributed by atoms with Gasteiger partial charge in [-0.25, -0.2) is 14.0 Å². The van der Waals surface area contributed by atoms with Gasteiger partial charge >= 0.3 is 12.0 Å². The molecule has 1 atom stereocenters. The number of nitriles is 1. The Balaban J connectivity index is 2.76. The molecule has 0 radical (unpaired) electrons. The normalized spacial score (nSPS) is 11.6. The molecule has 6 nitrogen and oxygen atoms in total. The molecule has 1 aromatic carbocycles. The van der Waals surface area contributed by atoms with E-state index in [0.717, 1.165) is 6.07 Å². The molecule has 3 N–H and O–H groups in total. The van der Waals surface area contributed by atoms with Crippen molar-refractivity contribution in [2.45, 2.75) is 19.9 Å². The highest BCUT2D eigenvalue weighted by Gasteiger charge is 2.23. The summed E-state index contributed by atoms with van der Waals surface area (Å²) < 4.78 is 13.5. The summed E-state index contributed by atoms with van der Waals surface area (Å²) in [6, 6.07) is 3.42. The Hall–Kier alpha value is -2.62. The lowest BCUT2D eigenvalue weighted by Gasteiger charge is -2.18. The summed E-state index contributed by atoms with van der Waals surface area (Å²) in [5, 5.41) is 22.0. The Morgan fingerprint density at radius 3 is 2.50 bits per heavy atom. The van der Waals surface area contributed by atoms with E-state index in [1.807, 2.05) is 0 Å². The molecular weight excluding hydrogens is 265 g/mol. The van der Waals surface area contributed by atoms with Gasteiger partial charge in [0.15, 0.2) is 0 Å². The Kier molecular flexibility index (Phi) is 5.03. The largest absolute Gasteiger partial charge is 0.480 e. The molecule has 1 rings (SSSR count). The van der Waals surface area contributed by atoms with Crippen LogP contribution >= 0.6 is 0 Å². The fourth-order valence-corrected chi connectivity index (χ4v) is 1.50. The lowest BCUT2D eigenvalue weighted by Crippen LogP contribution is -2.46. The molecule has 2 amide bonds. The minimum absolute atomic E-state index is 0.124. The number of halogens is 1. The Morgan fingerprint density at radius 2 is 2.05 bits per heavy atom. The van der Waals surface area contributed by atoms with Crippen LogP contribution in [0.2, 0.25) is 0 Å². The number of aliphatic carboxylic acids is 1. The van der Waals surface area contributed by atoms with Crippen LogP contribution < -0.4 is 10.6 Å². The molecule has 0 spiro atoms. The second-order valence-corrected chi connectivity index (χ2v) is 4.46. The molecule has 0 aliphatic rings. The number of rotatable bonds is 4. The highest BCUT2D eigenvalue weighted by atomic mass is 19.1. The number of hydrogen-bond donors (Lipinski definition) is 3. The van der Waals surface area contributed by atoms with E-state index < -0.39 is 23.9 Å². The molecule has 7 heteroatoms. The number of carboxylic acid groups (broad SMARTS) is 1. The van der Waals surface area contributed by atoms with E-state index in [9.17, 15) is 14.0 Å². The highest BCUT2D eigenvalue weighted by molar-refractivity contribution is 5.92. The minimum Gasteiger partial charge on any atom is -0.480 e. The van der Waals surface area contributed by atoms with Crippen molar-refractivity contribution in [2.75, 3.05) is 5.32 Å². The third kappa shape index (κ3) is 3.95. The van der Waals surface area contributed by atoms with Crippen LogP contribution in [0.15, 0.2) is 18.2 Å². The van der Waals surface area contributed by atoms with Gasteiger partial charge in [0.25, 0.3) is 0 Å². The number of carbonyl (C=O) groups is 2. The van der Waals surface area contributed by atoms with Crippen molar-refractivity contribution in [3.63, 3.8) is 0 Å². The van der Waals surface area contributed by atoms with Gasteiger partial charge in [-0.1, -0.05) is 13.8 Å². The standard InChI is InChI=1S/C13H14FN3O3/c1-7(2)11(12(18)19)17-13(20)16-10-4-3-8(6-15)5-9(10)14/h3-5,7,11H,1-2H3,(H,18,19)(H2,16,17,20)/t11-/m0/s1. The van der Waals surface area contributed by atoms with Crippen molar-refractivity contribution < 1.29 is 19.1 Å². The van der Waals surface area contributed by atoms with Crippen molar-refractivity contribution in [3.05, 3.63) is 29.6 Å². The van der Waals surface area contributed by atoms with E-state index in [1.54, 1.807) is 19.9 Å². The molecule has 0 aromatic heterocycles. The van der Waals surface area contributed by atoms with E-state index in [0.29, 0.717) is 0 Å². The summed E-state index contributed by atoms with van der Waals surface area (Å²) in [7, 11) is 0. The molecule has 0 aliphatic carbocycles. The molecule has 0 heterocycles. The van der Waals surface area contributed by atoms with Crippen LogP contribution in [0.1, 0.15) is 19.4 Å². The zero-order valence-corrected chi connectivity index (χ0v) is 11.0. The van der Waals surface area contributed by atoms with Gasteiger partial charge in [0.2, 0.25) is 0 Å². The SMILES string of the molecule is CC(C)[C@H](NC(=O)Nc1ccc(C#N)cc1F)C(=O)O. The number of nitrogens with one attached hydrogen (secondary N) is 2. The van der Waals surface area contributed by atoms with Crippen molar-refractivity contribution in [2.24, 2.45) is 5.92 Å². The van der Waals surface area contributed by atoms with E-state index in [-0.39, 0.29) is 17.2 Å². The minimum atomic E-state index is -1.17. The quantitative estimate of drug-likeness (QED) is 0.783. The summed E-state index contributed by atoms with van der Waals surface area (Å²) in [4.78, 5) is 22.5. The number of nitrogens with zero attached hydrogens (tertiary/aromatic N) is 1. The number of urea groups is 1. The molecule has 20 heavy (non-hydrogen) atoms. The first-order valence-corrected chi connectivity index (χ1v) is 5.85. The van der Waals surface area contributed by atoms with Crippen LogP contribution in [0, 0.1) is 23.1 Å². The third-order valence-corrected chi connectivity index (χ3v) is 2.57. The van der Waals surface area contributed by atoms with Crippen molar-refractivity contribution in [3.8, 4) is 6.07 Å². The Labute approximate surface area is 115 Å². The van der Waals surface area contributed by atoms with E-state index in [1.165, 1.54) is 12.1 Å². The molecule has 1 aromatic rings. The summed E-state index contributed by atoms with van der Waals surface area (Å²) in [6.45, 7) is 3.28. The summed E-state index contributed by atoms with van der Waals surface area (Å²) in [5.74, 6) is -2.25. The first kappa shape index (κ1) is 15.4. The molecule has 0 unspecified atom stereocenters. The van der Waals surface area contributed by atoms with Gasteiger partial charge in [-0.2, -0.15) is 5.26 Å². The highest BCUT2D eigenvalue weighted by Crippen LogP contribution is 2.15. The molecule has 0 fully saturated rings. The molecule has 0 aliphatic heterocycles. The number of hydrogen-bond acceptors (Lipinski definition) is 3. The maximum atomic E-state index is 13.5. The van der Waals surface area contributed by atoms with Crippen LogP contribution in [0.4, 0.5) is 14.9 Å². The smallest absolute Gasteiger partial charge is 0.326 e. The predicted octanol–water partition coefficient (Wildman–Crippen LogP) is 1.93. The number of carbonyl (C=O) groups excluding carboxylic acids is 1. The van der Waals surface area contributed by atoms with Crippen LogP contribution in [-0.2, 0) is 4.79 Å². The fraction of sp³-hybridized carbons (Fsp3) is 0.308. The van der Waals surface area contributed by atoms with E-state index in [4.69, 9.17) is 10.4 Å². The zero-order chi connectivity index (χ0) is 15.3. The average molecular weight is 279 g/mol. The molecular formula is C13H14FN3O3. The molecule has 0 bridgehead atoms. The number of amides is 2. The van der Waals surface area contributed by atoms with Crippen LogP contribution in [0.25, 0.3) is 0 Å². The van der Waals surface area contributed by atoms with Gasteiger partial charge in [-0.3, -0.25) is 0 Å². The molecule has 106 valence electrons. The third-order valence-electron chi connectivity index (χ3n) is 2.57.